The maximum atomic E-state index is 11.2. The Kier molecular flexibility index (Phi) is 5.48. The number of benzene rings is 1. The summed E-state index contributed by atoms with van der Waals surface area (Å²) in [5, 5.41) is 11.2. The first-order valence-electron chi connectivity index (χ1n) is 6.41. The zero-order valence-electron chi connectivity index (χ0n) is 11.8. The molecule has 1 rings (SSSR count). The minimum Gasteiger partial charge on any atom is -0.530 e. The van der Waals surface area contributed by atoms with Gasteiger partial charge in [-0.3, -0.25) is 0 Å². The van der Waals surface area contributed by atoms with E-state index in [-0.39, 0.29) is 6.04 Å². The van der Waals surface area contributed by atoms with E-state index in [2.05, 4.69) is 0 Å². The SMILES string of the molecule is CCOc1ccc(N(C(=O)[O-])C(C)C)cc1OCC. The van der Waals surface area contributed by atoms with Gasteiger partial charge in [-0.2, -0.15) is 0 Å². The van der Waals surface area contributed by atoms with Gasteiger partial charge >= 0.3 is 0 Å². The number of amides is 1. The summed E-state index contributed by atoms with van der Waals surface area (Å²) in [6.07, 6.45) is -1.23. The maximum absolute atomic E-state index is 11.2. The summed E-state index contributed by atoms with van der Waals surface area (Å²) in [5.41, 5.74) is 0.516. The summed E-state index contributed by atoms with van der Waals surface area (Å²) >= 11 is 0. The Morgan fingerprint density at radius 2 is 1.79 bits per heavy atom. The van der Waals surface area contributed by atoms with Crippen molar-refractivity contribution < 1.29 is 19.4 Å². The van der Waals surface area contributed by atoms with Crippen LogP contribution < -0.4 is 19.5 Å². The van der Waals surface area contributed by atoms with Crippen molar-refractivity contribution in [3.8, 4) is 11.5 Å². The first kappa shape index (κ1) is 15.1. The summed E-state index contributed by atoms with van der Waals surface area (Å²) in [7, 11) is 0. The Morgan fingerprint density at radius 1 is 1.21 bits per heavy atom. The van der Waals surface area contributed by atoms with E-state index in [9.17, 15) is 9.90 Å². The minimum absolute atomic E-state index is 0.211. The van der Waals surface area contributed by atoms with Crippen LogP contribution in [-0.2, 0) is 0 Å². The lowest BCUT2D eigenvalue weighted by molar-refractivity contribution is -0.247. The Labute approximate surface area is 113 Å². The number of hydrogen-bond acceptors (Lipinski definition) is 4. The smallest absolute Gasteiger partial charge is 0.163 e. The van der Waals surface area contributed by atoms with Gasteiger partial charge in [-0.1, -0.05) is 0 Å². The lowest BCUT2D eigenvalue weighted by atomic mass is 10.2. The van der Waals surface area contributed by atoms with Crippen LogP contribution in [0.15, 0.2) is 18.2 Å². The monoisotopic (exact) mass is 266 g/mol. The topological polar surface area (TPSA) is 61.8 Å². The third kappa shape index (κ3) is 3.77. The van der Waals surface area contributed by atoms with Crippen LogP contribution in [0.5, 0.6) is 11.5 Å². The van der Waals surface area contributed by atoms with Crippen molar-refractivity contribution >= 4 is 11.8 Å². The molecule has 1 aromatic rings. The molecule has 106 valence electrons. The number of carbonyl (C=O) groups excluding carboxylic acids is 1. The van der Waals surface area contributed by atoms with Crippen LogP contribution in [0.25, 0.3) is 0 Å². The Morgan fingerprint density at radius 3 is 2.26 bits per heavy atom. The molecule has 0 bridgehead atoms. The maximum Gasteiger partial charge on any atom is 0.163 e. The fourth-order valence-electron chi connectivity index (χ4n) is 1.80. The third-order valence-electron chi connectivity index (χ3n) is 2.52. The molecule has 0 atom stereocenters. The molecule has 0 radical (unpaired) electrons. The molecule has 0 fully saturated rings. The molecule has 0 heterocycles. The lowest BCUT2D eigenvalue weighted by Crippen LogP contribution is -2.45. The average molecular weight is 266 g/mol. The van der Waals surface area contributed by atoms with Crippen LogP contribution in [0.4, 0.5) is 10.5 Å². The van der Waals surface area contributed by atoms with E-state index in [1.165, 1.54) is 4.90 Å². The van der Waals surface area contributed by atoms with Gasteiger partial charge in [-0.25, -0.2) is 0 Å². The van der Waals surface area contributed by atoms with Crippen LogP contribution in [0.2, 0.25) is 0 Å². The van der Waals surface area contributed by atoms with Crippen molar-refractivity contribution in [3.63, 3.8) is 0 Å². The minimum atomic E-state index is -1.23. The fourth-order valence-corrected chi connectivity index (χ4v) is 1.80. The highest BCUT2D eigenvalue weighted by Gasteiger charge is 2.15. The predicted molar refractivity (Wildman–Crippen MR) is 71.8 cm³/mol. The van der Waals surface area contributed by atoms with E-state index in [4.69, 9.17) is 9.47 Å². The standard InChI is InChI=1S/C14H21NO4/c1-5-18-12-8-7-11(9-13(12)19-6-2)15(10(3)4)14(16)17/h7-10H,5-6H2,1-4H3,(H,16,17)/p-1. The molecule has 1 amide bonds. The second-order valence-corrected chi connectivity index (χ2v) is 4.23. The second kappa shape index (κ2) is 6.87. The lowest BCUT2D eigenvalue weighted by Gasteiger charge is -2.29. The molecule has 0 N–H and O–H groups in total. The van der Waals surface area contributed by atoms with E-state index in [0.717, 1.165) is 0 Å². The summed E-state index contributed by atoms with van der Waals surface area (Å²) in [6, 6.07) is 4.84. The van der Waals surface area contributed by atoms with Crippen molar-refractivity contribution in [2.24, 2.45) is 0 Å². The van der Waals surface area contributed by atoms with Crippen molar-refractivity contribution in [2.75, 3.05) is 18.1 Å². The molecular formula is C14H20NO4-. The number of rotatable bonds is 6. The molecule has 5 heteroatoms. The average Bonchev–Trinajstić information content (AvgIpc) is 2.32. The van der Waals surface area contributed by atoms with Gasteiger partial charge in [0, 0.05) is 17.8 Å². The van der Waals surface area contributed by atoms with Gasteiger partial charge in [-0.15, -0.1) is 0 Å². The van der Waals surface area contributed by atoms with Crippen molar-refractivity contribution in [2.45, 2.75) is 33.7 Å². The van der Waals surface area contributed by atoms with Crippen molar-refractivity contribution in [1.29, 1.82) is 0 Å². The van der Waals surface area contributed by atoms with Crippen LogP contribution in [0.3, 0.4) is 0 Å². The number of hydrogen-bond donors (Lipinski definition) is 0. The van der Waals surface area contributed by atoms with E-state index in [1.807, 2.05) is 13.8 Å². The van der Waals surface area contributed by atoms with Crippen molar-refractivity contribution in [3.05, 3.63) is 18.2 Å². The molecule has 0 saturated heterocycles. The first-order valence-corrected chi connectivity index (χ1v) is 6.41. The van der Waals surface area contributed by atoms with Crippen LogP contribution in [0, 0.1) is 0 Å². The van der Waals surface area contributed by atoms with Gasteiger partial charge in [-0.05, 0) is 39.8 Å². The van der Waals surface area contributed by atoms with Crippen LogP contribution >= 0.6 is 0 Å². The molecule has 5 nitrogen and oxygen atoms in total. The van der Waals surface area contributed by atoms with E-state index < -0.39 is 6.09 Å². The van der Waals surface area contributed by atoms with Gasteiger partial charge in [0.15, 0.2) is 11.5 Å². The molecular weight excluding hydrogens is 246 g/mol. The highest BCUT2D eigenvalue weighted by molar-refractivity contribution is 5.85. The first-order chi connectivity index (χ1) is 9.01. The molecule has 1 aromatic carbocycles. The number of carboxylic acid groups (broad SMARTS) is 1. The molecule has 0 aliphatic heterocycles. The molecule has 0 aromatic heterocycles. The zero-order valence-corrected chi connectivity index (χ0v) is 11.8. The highest BCUT2D eigenvalue weighted by Crippen LogP contribution is 2.32. The molecule has 0 aliphatic carbocycles. The van der Waals surface area contributed by atoms with Crippen LogP contribution in [0.1, 0.15) is 27.7 Å². The number of carbonyl (C=O) groups is 1. The Balaban J connectivity index is 3.15. The van der Waals surface area contributed by atoms with E-state index in [1.54, 1.807) is 32.0 Å². The summed E-state index contributed by atoms with van der Waals surface area (Å²) < 4.78 is 10.9. The highest BCUT2D eigenvalue weighted by atomic mass is 16.5. The summed E-state index contributed by atoms with van der Waals surface area (Å²) in [6.45, 7) is 8.32. The molecule has 0 unspecified atom stereocenters. The van der Waals surface area contributed by atoms with E-state index in [0.29, 0.717) is 30.4 Å². The van der Waals surface area contributed by atoms with E-state index >= 15 is 0 Å². The van der Waals surface area contributed by atoms with Crippen LogP contribution in [-0.4, -0.2) is 25.3 Å². The quantitative estimate of drug-likeness (QED) is 0.790. The van der Waals surface area contributed by atoms with Gasteiger partial charge in [0.1, 0.15) is 6.09 Å². The predicted octanol–water partition coefficient (Wildman–Crippen LogP) is 2.04. The zero-order chi connectivity index (χ0) is 14.4. The molecule has 0 spiro atoms. The normalized spacial score (nSPS) is 10.4. The van der Waals surface area contributed by atoms with Gasteiger partial charge in [0.2, 0.25) is 0 Å². The van der Waals surface area contributed by atoms with Gasteiger partial charge in [0.05, 0.1) is 13.2 Å². The molecule has 0 saturated carbocycles. The Bertz CT molecular complexity index is 431. The molecule has 0 aliphatic rings. The summed E-state index contributed by atoms with van der Waals surface area (Å²) in [5.74, 6) is 1.14. The van der Waals surface area contributed by atoms with Gasteiger partial charge in [0.25, 0.3) is 0 Å². The molecule has 19 heavy (non-hydrogen) atoms. The second-order valence-electron chi connectivity index (χ2n) is 4.23. The largest absolute Gasteiger partial charge is 0.530 e. The number of ether oxygens (including phenoxy) is 2. The number of anilines is 1. The number of nitrogens with zero attached hydrogens (tertiary/aromatic N) is 1. The van der Waals surface area contributed by atoms with Gasteiger partial charge < -0.3 is 24.3 Å². The summed E-state index contributed by atoms with van der Waals surface area (Å²) in [4.78, 5) is 12.3. The fraction of sp³-hybridized carbons (Fsp3) is 0.500. The Hall–Kier alpha value is -1.91. The van der Waals surface area contributed by atoms with Crippen molar-refractivity contribution in [1.82, 2.24) is 0 Å². The third-order valence-corrected chi connectivity index (χ3v) is 2.52.